The number of aryl methyl sites for hydroxylation is 1. The molecule has 0 fully saturated rings. The van der Waals surface area contributed by atoms with Crippen molar-refractivity contribution in [1.82, 2.24) is 4.98 Å². The number of amides is 1. The number of rotatable bonds is 4. The zero-order valence-electron chi connectivity index (χ0n) is 13.7. The molecule has 0 atom stereocenters. The van der Waals surface area contributed by atoms with Crippen LogP contribution in [0.3, 0.4) is 0 Å². The summed E-state index contributed by atoms with van der Waals surface area (Å²) in [7, 11) is 0. The van der Waals surface area contributed by atoms with E-state index in [9.17, 15) is 4.79 Å². The Hall–Kier alpha value is -3.14. The molecular weight excluding hydrogens is 298 g/mol. The van der Waals surface area contributed by atoms with Crippen molar-refractivity contribution in [2.24, 2.45) is 0 Å². The lowest BCUT2D eigenvalue weighted by Crippen LogP contribution is -2.11. The van der Waals surface area contributed by atoms with Gasteiger partial charge in [0.05, 0.1) is 11.9 Å². The summed E-state index contributed by atoms with van der Waals surface area (Å²) in [6.45, 7) is 4.16. The van der Waals surface area contributed by atoms with Crippen molar-refractivity contribution in [3.8, 4) is 0 Å². The monoisotopic (exact) mass is 317 g/mol. The third-order valence-electron chi connectivity index (χ3n) is 3.92. The minimum atomic E-state index is -0.146. The first-order valence-electron chi connectivity index (χ1n) is 7.79. The predicted molar refractivity (Wildman–Crippen MR) is 97.8 cm³/mol. The van der Waals surface area contributed by atoms with E-state index < -0.39 is 0 Å². The van der Waals surface area contributed by atoms with Gasteiger partial charge in [-0.05, 0) is 55.3 Å². The topological polar surface area (TPSA) is 54.0 Å². The van der Waals surface area contributed by atoms with E-state index in [1.54, 1.807) is 18.3 Å². The fourth-order valence-electron chi connectivity index (χ4n) is 2.36. The molecule has 0 aliphatic heterocycles. The van der Waals surface area contributed by atoms with Gasteiger partial charge in [0, 0.05) is 11.3 Å². The Balaban J connectivity index is 1.69. The fraction of sp³-hybridized carbons (Fsp3) is 0.100. The number of aromatic nitrogens is 1. The van der Waals surface area contributed by atoms with Crippen LogP contribution in [-0.2, 0) is 0 Å². The molecular formula is C20H19N3O. The van der Waals surface area contributed by atoms with E-state index >= 15 is 0 Å². The van der Waals surface area contributed by atoms with E-state index in [-0.39, 0.29) is 5.91 Å². The molecule has 0 aliphatic carbocycles. The Kier molecular flexibility index (Phi) is 4.57. The maximum absolute atomic E-state index is 12.1. The summed E-state index contributed by atoms with van der Waals surface area (Å²) in [4.78, 5) is 16.5. The lowest BCUT2D eigenvalue weighted by molar-refractivity contribution is 0.102. The molecule has 0 unspecified atom stereocenters. The van der Waals surface area contributed by atoms with Crippen molar-refractivity contribution in [2.45, 2.75) is 13.8 Å². The summed E-state index contributed by atoms with van der Waals surface area (Å²) in [6, 6.07) is 18.9. The molecule has 0 spiro atoms. The van der Waals surface area contributed by atoms with Gasteiger partial charge in [0.2, 0.25) is 0 Å². The van der Waals surface area contributed by atoms with Crippen LogP contribution in [-0.4, -0.2) is 10.9 Å². The molecule has 0 bridgehead atoms. The summed E-state index contributed by atoms with van der Waals surface area (Å²) in [5.41, 5.74) is 4.74. The van der Waals surface area contributed by atoms with E-state index in [2.05, 4.69) is 35.5 Å². The Bertz CT molecular complexity index is 843. The van der Waals surface area contributed by atoms with Gasteiger partial charge in [0.1, 0.15) is 5.82 Å². The third kappa shape index (κ3) is 3.60. The summed E-state index contributed by atoms with van der Waals surface area (Å²) in [6.07, 6.45) is 1.65. The Morgan fingerprint density at radius 2 is 1.71 bits per heavy atom. The number of benzene rings is 2. The van der Waals surface area contributed by atoms with Gasteiger partial charge in [-0.15, -0.1) is 0 Å². The number of carbonyl (C=O) groups excluding carboxylic acids is 1. The molecule has 0 saturated carbocycles. The molecule has 24 heavy (non-hydrogen) atoms. The highest BCUT2D eigenvalue weighted by molar-refractivity contribution is 6.04. The third-order valence-corrected chi connectivity index (χ3v) is 3.92. The van der Waals surface area contributed by atoms with Gasteiger partial charge in [-0.2, -0.15) is 0 Å². The minimum absolute atomic E-state index is 0.146. The molecule has 2 N–H and O–H groups in total. The fourth-order valence-corrected chi connectivity index (χ4v) is 2.36. The van der Waals surface area contributed by atoms with Crippen LogP contribution in [0.4, 0.5) is 17.2 Å². The zero-order valence-corrected chi connectivity index (χ0v) is 13.7. The van der Waals surface area contributed by atoms with Crippen LogP contribution in [0.15, 0.2) is 66.9 Å². The second-order valence-electron chi connectivity index (χ2n) is 5.62. The lowest BCUT2D eigenvalue weighted by atomic mass is 10.1. The van der Waals surface area contributed by atoms with Crippen LogP contribution in [0.25, 0.3) is 0 Å². The van der Waals surface area contributed by atoms with Crippen molar-refractivity contribution in [1.29, 1.82) is 0 Å². The van der Waals surface area contributed by atoms with E-state index in [1.807, 2.05) is 42.5 Å². The van der Waals surface area contributed by atoms with E-state index in [0.717, 1.165) is 11.5 Å². The average molecular weight is 317 g/mol. The molecule has 120 valence electrons. The van der Waals surface area contributed by atoms with Crippen molar-refractivity contribution in [3.05, 3.63) is 83.6 Å². The van der Waals surface area contributed by atoms with Crippen LogP contribution in [0.1, 0.15) is 21.5 Å². The number of anilines is 3. The van der Waals surface area contributed by atoms with Crippen molar-refractivity contribution >= 4 is 23.1 Å². The molecule has 3 rings (SSSR count). The number of carbonyl (C=O) groups is 1. The molecule has 1 amide bonds. The van der Waals surface area contributed by atoms with Crippen LogP contribution >= 0.6 is 0 Å². The van der Waals surface area contributed by atoms with E-state index in [1.165, 1.54) is 11.1 Å². The Morgan fingerprint density at radius 3 is 2.42 bits per heavy atom. The molecule has 2 aromatic carbocycles. The van der Waals surface area contributed by atoms with Gasteiger partial charge >= 0.3 is 0 Å². The standard InChI is InChI=1S/C20H19N3O/c1-14-7-6-10-18(15(14)2)23-19-12-11-17(13-21-19)22-20(24)16-8-4-3-5-9-16/h3-13H,1-2H3,(H,21,23)(H,22,24). The normalized spacial score (nSPS) is 10.2. The highest BCUT2D eigenvalue weighted by atomic mass is 16.1. The highest BCUT2D eigenvalue weighted by Crippen LogP contribution is 2.22. The van der Waals surface area contributed by atoms with E-state index in [4.69, 9.17) is 0 Å². The molecule has 1 heterocycles. The number of nitrogens with one attached hydrogen (secondary N) is 2. The summed E-state index contributed by atoms with van der Waals surface area (Å²) in [5, 5.41) is 6.14. The van der Waals surface area contributed by atoms with Gasteiger partial charge in [-0.1, -0.05) is 30.3 Å². The zero-order chi connectivity index (χ0) is 16.9. The van der Waals surface area contributed by atoms with Crippen LogP contribution in [0.5, 0.6) is 0 Å². The summed E-state index contributed by atoms with van der Waals surface area (Å²) in [5.74, 6) is 0.592. The minimum Gasteiger partial charge on any atom is -0.340 e. The summed E-state index contributed by atoms with van der Waals surface area (Å²) >= 11 is 0. The van der Waals surface area contributed by atoms with Crippen molar-refractivity contribution in [3.63, 3.8) is 0 Å². The van der Waals surface area contributed by atoms with Gasteiger partial charge in [0.15, 0.2) is 0 Å². The number of hydrogen-bond donors (Lipinski definition) is 2. The predicted octanol–water partition coefficient (Wildman–Crippen LogP) is 4.69. The number of nitrogens with zero attached hydrogens (tertiary/aromatic N) is 1. The van der Waals surface area contributed by atoms with Crippen LogP contribution in [0, 0.1) is 13.8 Å². The highest BCUT2D eigenvalue weighted by Gasteiger charge is 2.06. The quantitative estimate of drug-likeness (QED) is 0.733. The Morgan fingerprint density at radius 1 is 0.917 bits per heavy atom. The molecule has 4 nitrogen and oxygen atoms in total. The first-order chi connectivity index (χ1) is 11.6. The second-order valence-corrected chi connectivity index (χ2v) is 5.62. The van der Waals surface area contributed by atoms with Gasteiger partial charge in [0.25, 0.3) is 5.91 Å². The second kappa shape index (κ2) is 6.96. The van der Waals surface area contributed by atoms with Gasteiger partial charge in [-0.25, -0.2) is 4.98 Å². The number of hydrogen-bond acceptors (Lipinski definition) is 3. The van der Waals surface area contributed by atoms with Crippen LogP contribution < -0.4 is 10.6 Å². The lowest BCUT2D eigenvalue weighted by Gasteiger charge is -2.11. The first-order valence-corrected chi connectivity index (χ1v) is 7.79. The first kappa shape index (κ1) is 15.7. The molecule has 4 heteroatoms. The van der Waals surface area contributed by atoms with Gasteiger partial charge in [-0.3, -0.25) is 4.79 Å². The average Bonchev–Trinajstić information content (AvgIpc) is 2.61. The van der Waals surface area contributed by atoms with Gasteiger partial charge < -0.3 is 10.6 Å². The Labute approximate surface area is 141 Å². The SMILES string of the molecule is Cc1cccc(Nc2ccc(NC(=O)c3ccccc3)cn2)c1C. The molecule has 3 aromatic rings. The molecule has 0 radical (unpaired) electrons. The largest absolute Gasteiger partial charge is 0.340 e. The molecule has 0 saturated heterocycles. The molecule has 1 aromatic heterocycles. The van der Waals surface area contributed by atoms with Crippen LogP contribution in [0.2, 0.25) is 0 Å². The van der Waals surface area contributed by atoms with E-state index in [0.29, 0.717) is 11.3 Å². The number of pyridine rings is 1. The summed E-state index contributed by atoms with van der Waals surface area (Å²) < 4.78 is 0. The maximum Gasteiger partial charge on any atom is 0.255 e. The smallest absolute Gasteiger partial charge is 0.255 e. The molecule has 0 aliphatic rings. The maximum atomic E-state index is 12.1. The van der Waals surface area contributed by atoms with Crippen molar-refractivity contribution < 1.29 is 4.79 Å². The van der Waals surface area contributed by atoms with Crippen molar-refractivity contribution in [2.75, 3.05) is 10.6 Å².